The molecule has 1 saturated carbocycles. The Hall–Kier alpha value is -2.28. The number of hydrogen-bond donors (Lipinski definition) is 1. The summed E-state index contributed by atoms with van der Waals surface area (Å²) in [4.78, 5) is 12.4. The van der Waals surface area contributed by atoms with Crippen LogP contribution in [-0.4, -0.2) is 31.5 Å². The third-order valence-corrected chi connectivity index (χ3v) is 6.34. The molecule has 1 aromatic carbocycles. The normalized spacial score (nSPS) is 17.0. The van der Waals surface area contributed by atoms with Crippen LogP contribution in [0.25, 0.3) is 0 Å². The molecule has 0 unspecified atom stereocenters. The minimum atomic E-state index is -3.67. The summed E-state index contributed by atoms with van der Waals surface area (Å²) in [5.74, 6) is -0.219. The minimum absolute atomic E-state index is 0.155. The summed E-state index contributed by atoms with van der Waals surface area (Å²) in [6, 6.07) is 9.23. The van der Waals surface area contributed by atoms with Crippen LogP contribution in [0.4, 0.5) is 5.69 Å². The first kappa shape index (κ1) is 15.3. The van der Waals surface area contributed by atoms with E-state index >= 15 is 0 Å². The maximum absolute atomic E-state index is 13.0. The second-order valence-corrected chi connectivity index (χ2v) is 8.24. The first-order valence-electron chi connectivity index (χ1n) is 8.05. The Labute approximate surface area is 141 Å². The largest absolute Gasteiger partial charge is 0.348 e. The highest BCUT2D eigenvalue weighted by molar-refractivity contribution is 7.92. The fourth-order valence-corrected chi connectivity index (χ4v) is 4.65. The van der Waals surface area contributed by atoms with Crippen molar-refractivity contribution in [3.05, 3.63) is 47.8 Å². The SMILES string of the molecule is Cn1cc(S(=O)(=O)N2CCc3ccccc32)cc1C(=O)NC1CC1. The molecule has 2 heterocycles. The van der Waals surface area contributed by atoms with E-state index in [-0.39, 0.29) is 16.8 Å². The Morgan fingerprint density at radius 3 is 2.75 bits per heavy atom. The topological polar surface area (TPSA) is 71.4 Å². The number of aromatic nitrogens is 1. The zero-order valence-electron chi connectivity index (χ0n) is 13.4. The predicted molar refractivity (Wildman–Crippen MR) is 90.6 cm³/mol. The highest BCUT2D eigenvalue weighted by Crippen LogP contribution is 2.33. The Balaban J connectivity index is 1.67. The molecule has 2 aromatic rings. The van der Waals surface area contributed by atoms with E-state index in [0.717, 1.165) is 24.1 Å². The van der Waals surface area contributed by atoms with Crippen molar-refractivity contribution in [2.45, 2.75) is 30.2 Å². The molecule has 1 aliphatic carbocycles. The summed E-state index contributed by atoms with van der Waals surface area (Å²) in [5, 5.41) is 2.89. The van der Waals surface area contributed by atoms with Gasteiger partial charge in [-0.3, -0.25) is 9.10 Å². The van der Waals surface area contributed by atoms with Gasteiger partial charge in [-0.05, 0) is 37.0 Å². The maximum atomic E-state index is 13.0. The first-order valence-corrected chi connectivity index (χ1v) is 9.49. The number of nitrogens with zero attached hydrogens (tertiary/aromatic N) is 2. The molecule has 0 saturated heterocycles. The van der Waals surface area contributed by atoms with Crippen molar-refractivity contribution in [2.75, 3.05) is 10.8 Å². The molecule has 6 nitrogen and oxygen atoms in total. The zero-order valence-corrected chi connectivity index (χ0v) is 14.2. The van der Waals surface area contributed by atoms with E-state index in [1.54, 1.807) is 11.6 Å². The predicted octanol–water partition coefficient (Wildman–Crippen LogP) is 1.67. The quantitative estimate of drug-likeness (QED) is 0.916. The molecule has 0 spiro atoms. The van der Waals surface area contributed by atoms with E-state index in [4.69, 9.17) is 0 Å². The summed E-state index contributed by atoms with van der Waals surface area (Å²) in [5.41, 5.74) is 2.13. The number of carbonyl (C=O) groups excluding carboxylic acids is 1. The number of amides is 1. The Morgan fingerprint density at radius 2 is 2.00 bits per heavy atom. The van der Waals surface area contributed by atoms with Gasteiger partial charge in [-0.25, -0.2) is 8.42 Å². The molecular weight excluding hydrogens is 326 g/mol. The van der Waals surface area contributed by atoms with Crippen molar-refractivity contribution in [1.29, 1.82) is 0 Å². The third-order valence-electron chi connectivity index (χ3n) is 4.56. The van der Waals surface area contributed by atoms with Crippen LogP contribution in [0.5, 0.6) is 0 Å². The Morgan fingerprint density at radius 1 is 1.25 bits per heavy atom. The van der Waals surface area contributed by atoms with E-state index in [1.165, 1.54) is 16.6 Å². The lowest BCUT2D eigenvalue weighted by Gasteiger charge is -2.18. The van der Waals surface area contributed by atoms with Crippen molar-refractivity contribution >= 4 is 21.6 Å². The zero-order chi connectivity index (χ0) is 16.9. The molecular formula is C17H19N3O3S. The van der Waals surface area contributed by atoms with Crippen LogP contribution in [0.2, 0.25) is 0 Å². The van der Waals surface area contributed by atoms with Crippen molar-refractivity contribution in [3.8, 4) is 0 Å². The van der Waals surface area contributed by atoms with Crippen LogP contribution in [0, 0.1) is 0 Å². The molecule has 1 aromatic heterocycles. The lowest BCUT2D eigenvalue weighted by atomic mass is 10.2. The van der Waals surface area contributed by atoms with Crippen molar-refractivity contribution in [1.82, 2.24) is 9.88 Å². The number of carbonyl (C=O) groups is 1. The van der Waals surface area contributed by atoms with Crippen molar-refractivity contribution in [3.63, 3.8) is 0 Å². The standard InChI is InChI=1S/C17H19N3O3S/c1-19-11-14(10-16(19)17(21)18-13-6-7-13)24(22,23)20-9-8-12-4-2-3-5-15(12)20/h2-5,10-11,13H,6-9H2,1H3,(H,18,21). The molecule has 1 aliphatic heterocycles. The van der Waals surface area contributed by atoms with Crippen LogP contribution < -0.4 is 9.62 Å². The van der Waals surface area contributed by atoms with Gasteiger partial charge in [-0.1, -0.05) is 18.2 Å². The lowest BCUT2D eigenvalue weighted by Crippen LogP contribution is -2.29. The maximum Gasteiger partial charge on any atom is 0.268 e. The number of hydrogen-bond acceptors (Lipinski definition) is 3. The monoisotopic (exact) mass is 345 g/mol. The Kier molecular flexibility index (Phi) is 3.42. The van der Waals surface area contributed by atoms with Gasteiger partial charge in [0, 0.05) is 25.8 Å². The molecule has 0 bridgehead atoms. The number of rotatable bonds is 4. The number of sulfonamides is 1. The fourth-order valence-electron chi connectivity index (χ4n) is 3.07. The van der Waals surface area contributed by atoms with E-state index in [0.29, 0.717) is 18.7 Å². The van der Waals surface area contributed by atoms with Gasteiger partial charge in [0.2, 0.25) is 0 Å². The lowest BCUT2D eigenvalue weighted by molar-refractivity contribution is 0.0943. The molecule has 24 heavy (non-hydrogen) atoms. The Bertz CT molecular complexity index is 913. The molecule has 2 aliphatic rings. The molecule has 1 fully saturated rings. The van der Waals surface area contributed by atoms with Crippen LogP contribution in [0.3, 0.4) is 0 Å². The number of aryl methyl sites for hydroxylation is 1. The summed E-state index contributed by atoms with van der Waals surface area (Å²) < 4.78 is 29.0. The van der Waals surface area contributed by atoms with Gasteiger partial charge in [0.05, 0.1) is 5.69 Å². The molecule has 1 amide bonds. The number of fused-ring (bicyclic) bond motifs is 1. The summed E-state index contributed by atoms with van der Waals surface area (Å²) in [6.07, 6.45) is 4.20. The van der Waals surface area contributed by atoms with Crippen LogP contribution >= 0.6 is 0 Å². The van der Waals surface area contributed by atoms with Crippen molar-refractivity contribution < 1.29 is 13.2 Å². The van der Waals surface area contributed by atoms with Crippen LogP contribution in [-0.2, 0) is 23.5 Å². The molecule has 126 valence electrons. The van der Waals surface area contributed by atoms with Gasteiger partial charge in [-0.15, -0.1) is 0 Å². The molecule has 1 N–H and O–H groups in total. The molecule has 7 heteroatoms. The van der Waals surface area contributed by atoms with Crippen molar-refractivity contribution in [2.24, 2.45) is 7.05 Å². The van der Waals surface area contributed by atoms with E-state index < -0.39 is 10.0 Å². The van der Waals surface area contributed by atoms with Crippen LogP contribution in [0.1, 0.15) is 28.9 Å². The van der Waals surface area contributed by atoms with Gasteiger partial charge in [0.25, 0.3) is 15.9 Å². The minimum Gasteiger partial charge on any atom is -0.348 e. The van der Waals surface area contributed by atoms with Gasteiger partial charge in [0.15, 0.2) is 0 Å². The second kappa shape index (κ2) is 5.37. The molecule has 4 rings (SSSR count). The highest BCUT2D eigenvalue weighted by Gasteiger charge is 2.33. The highest BCUT2D eigenvalue weighted by atomic mass is 32.2. The van der Waals surface area contributed by atoms with Gasteiger partial charge >= 0.3 is 0 Å². The van der Waals surface area contributed by atoms with E-state index in [9.17, 15) is 13.2 Å². The third kappa shape index (κ3) is 2.49. The van der Waals surface area contributed by atoms with E-state index in [2.05, 4.69) is 5.32 Å². The first-order chi connectivity index (χ1) is 11.5. The van der Waals surface area contributed by atoms with E-state index in [1.807, 2.05) is 24.3 Å². The fraction of sp³-hybridized carbons (Fsp3) is 0.353. The smallest absolute Gasteiger partial charge is 0.268 e. The molecule has 0 atom stereocenters. The number of anilines is 1. The van der Waals surface area contributed by atoms with Gasteiger partial charge < -0.3 is 9.88 Å². The second-order valence-electron chi connectivity index (χ2n) is 6.38. The van der Waals surface area contributed by atoms with Gasteiger partial charge in [0.1, 0.15) is 10.6 Å². The number of benzene rings is 1. The average molecular weight is 345 g/mol. The summed E-state index contributed by atoms with van der Waals surface area (Å²) in [6.45, 7) is 0.431. The van der Waals surface area contributed by atoms with Gasteiger partial charge in [-0.2, -0.15) is 0 Å². The summed E-state index contributed by atoms with van der Waals surface area (Å²) >= 11 is 0. The number of nitrogens with one attached hydrogen (secondary N) is 1. The van der Waals surface area contributed by atoms with Crippen LogP contribution in [0.15, 0.2) is 41.4 Å². The average Bonchev–Trinajstić information content (AvgIpc) is 3.11. The molecule has 0 radical (unpaired) electrons. The number of para-hydroxylation sites is 1. The summed E-state index contributed by atoms with van der Waals surface area (Å²) in [7, 11) is -1.97.